The first-order chi connectivity index (χ1) is 11.8. The first-order valence-electron chi connectivity index (χ1n) is 9.41. The Morgan fingerprint density at radius 1 is 1.16 bits per heavy atom. The summed E-state index contributed by atoms with van der Waals surface area (Å²) in [5.41, 5.74) is 1.55. The van der Waals surface area contributed by atoms with Crippen molar-refractivity contribution in [1.29, 1.82) is 0 Å². The summed E-state index contributed by atoms with van der Waals surface area (Å²) < 4.78 is 25.6. The fourth-order valence-corrected chi connectivity index (χ4v) is 6.14. The van der Waals surface area contributed by atoms with Crippen molar-refractivity contribution in [3.05, 3.63) is 17.5 Å². The Balaban J connectivity index is 1.60. The predicted molar refractivity (Wildman–Crippen MR) is 95.4 cm³/mol. The van der Waals surface area contributed by atoms with E-state index < -0.39 is 9.84 Å². The van der Waals surface area contributed by atoms with Gasteiger partial charge in [0, 0.05) is 24.7 Å². The van der Waals surface area contributed by atoms with Crippen molar-refractivity contribution >= 4 is 15.7 Å². The number of hydrogen-bond acceptors (Lipinski definition) is 4. The molecule has 1 aliphatic carbocycles. The van der Waals surface area contributed by atoms with E-state index in [1.54, 1.807) is 0 Å². The lowest BCUT2D eigenvalue weighted by Gasteiger charge is -2.34. The SMILES string of the molecule is CC1CC(C)CN(C(=O)c2cc(C3CC3)n(C3CCS(=O)(=O)C3)n2)C1. The zero-order chi connectivity index (χ0) is 17.8. The van der Waals surface area contributed by atoms with Crippen molar-refractivity contribution in [3.63, 3.8) is 0 Å². The largest absolute Gasteiger partial charge is 0.337 e. The summed E-state index contributed by atoms with van der Waals surface area (Å²) in [6, 6.07) is 1.82. The molecule has 1 aromatic heterocycles. The summed E-state index contributed by atoms with van der Waals surface area (Å²) in [6.07, 6.45) is 3.98. The zero-order valence-corrected chi connectivity index (χ0v) is 15.8. The van der Waals surface area contributed by atoms with Crippen LogP contribution in [-0.2, 0) is 9.84 Å². The Bertz CT molecular complexity index is 771. The van der Waals surface area contributed by atoms with Crippen molar-refractivity contribution in [2.24, 2.45) is 11.8 Å². The topological polar surface area (TPSA) is 72.3 Å². The third kappa shape index (κ3) is 3.48. The summed E-state index contributed by atoms with van der Waals surface area (Å²) in [6.45, 7) is 5.94. The molecule has 1 saturated carbocycles. The Hall–Kier alpha value is -1.37. The van der Waals surface area contributed by atoms with E-state index in [4.69, 9.17) is 0 Å². The highest BCUT2D eigenvalue weighted by Crippen LogP contribution is 2.42. The van der Waals surface area contributed by atoms with E-state index >= 15 is 0 Å². The lowest BCUT2D eigenvalue weighted by atomic mass is 9.92. The van der Waals surface area contributed by atoms with E-state index in [1.807, 2.05) is 15.6 Å². The minimum absolute atomic E-state index is 0.0000888. The van der Waals surface area contributed by atoms with Gasteiger partial charge in [-0.15, -0.1) is 0 Å². The second-order valence-corrected chi connectivity index (χ2v) is 10.6. The molecule has 4 rings (SSSR count). The first kappa shape index (κ1) is 17.1. The third-order valence-electron chi connectivity index (χ3n) is 5.69. The molecule has 0 bridgehead atoms. The maximum absolute atomic E-state index is 13.0. The minimum atomic E-state index is -2.97. The van der Waals surface area contributed by atoms with Gasteiger partial charge in [0.15, 0.2) is 15.5 Å². The molecule has 7 heteroatoms. The van der Waals surface area contributed by atoms with Gasteiger partial charge in [-0.2, -0.15) is 5.10 Å². The number of rotatable bonds is 3. The molecule has 3 heterocycles. The molecule has 3 atom stereocenters. The quantitative estimate of drug-likeness (QED) is 0.823. The van der Waals surface area contributed by atoms with Crippen molar-refractivity contribution < 1.29 is 13.2 Å². The van der Waals surface area contributed by atoms with Crippen LogP contribution in [0, 0.1) is 11.8 Å². The van der Waals surface area contributed by atoms with Crippen LogP contribution in [0.3, 0.4) is 0 Å². The lowest BCUT2D eigenvalue weighted by Crippen LogP contribution is -2.42. The monoisotopic (exact) mass is 365 g/mol. The van der Waals surface area contributed by atoms with Crippen LogP contribution >= 0.6 is 0 Å². The van der Waals surface area contributed by atoms with E-state index in [9.17, 15) is 13.2 Å². The van der Waals surface area contributed by atoms with E-state index in [-0.39, 0.29) is 23.5 Å². The highest BCUT2D eigenvalue weighted by atomic mass is 32.2. The van der Waals surface area contributed by atoms with Gasteiger partial charge in [-0.05, 0) is 43.6 Å². The maximum atomic E-state index is 13.0. The van der Waals surface area contributed by atoms with E-state index in [0.717, 1.165) is 38.0 Å². The number of carbonyl (C=O) groups is 1. The molecule has 138 valence electrons. The normalized spacial score (nSPS) is 32.1. The summed E-state index contributed by atoms with van der Waals surface area (Å²) in [4.78, 5) is 14.9. The van der Waals surface area contributed by atoms with Gasteiger partial charge >= 0.3 is 0 Å². The molecule has 6 nitrogen and oxygen atoms in total. The van der Waals surface area contributed by atoms with Crippen molar-refractivity contribution in [2.75, 3.05) is 24.6 Å². The van der Waals surface area contributed by atoms with Crippen molar-refractivity contribution in [1.82, 2.24) is 14.7 Å². The third-order valence-corrected chi connectivity index (χ3v) is 7.44. The number of nitrogens with zero attached hydrogens (tertiary/aromatic N) is 3. The number of hydrogen-bond donors (Lipinski definition) is 0. The molecule has 0 aromatic carbocycles. The molecule has 3 fully saturated rings. The Kier molecular flexibility index (Phi) is 4.17. The van der Waals surface area contributed by atoms with Gasteiger partial charge < -0.3 is 4.90 Å². The van der Waals surface area contributed by atoms with Crippen molar-refractivity contribution in [3.8, 4) is 0 Å². The van der Waals surface area contributed by atoms with E-state index in [1.165, 1.54) is 0 Å². The standard InChI is InChI=1S/C18H27N3O3S/c1-12-7-13(2)10-20(9-12)18(22)16-8-17(14-3-4-14)21(19-16)15-5-6-25(23,24)11-15/h8,12-15H,3-7,9-11H2,1-2H3. The molecule has 3 unspecified atom stereocenters. The molecule has 25 heavy (non-hydrogen) atoms. The van der Waals surface area contributed by atoms with Crippen LogP contribution in [0.2, 0.25) is 0 Å². The molecule has 1 amide bonds. The number of aromatic nitrogens is 2. The zero-order valence-electron chi connectivity index (χ0n) is 15.0. The number of carbonyl (C=O) groups excluding carboxylic acids is 1. The molecule has 2 aliphatic heterocycles. The Morgan fingerprint density at radius 2 is 1.84 bits per heavy atom. The van der Waals surface area contributed by atoms with Crippen LogP contribution in [0.15, 0.2) is 6.07 Å². The molecule has 0 N–H and O–H groups in total. The maximum Gasteiger partial charge on any atom is 0.274 e. The van der Waals surface area contributed by atoms with Gasteiger partial charge in [0.1, 0.15) is 0 Å². The van der Waals surface area contributed by atoms with Gasteiger partial charge in [-0.3, -0.25) is 9.48 Å². The first-order valence-corrected chi connectivity index (χ1v) is 11.2. The fourth-order valence-electron chi connectivity index (χ4n) is 4.45. The molecular formula is C18H27N3O3S. The molecular weight excluding hydrogens is 338 g/mol. The Morgan fingerprint density at radius 3 is 2.40 bits per heavy atom. The highest BCUT2D eigenvalue weighted by Gasteiger charge is 2.37. The summed E-state index contributed by atoms with van der Waals surface area (Å²) in [5, 5.41) is 4.61. The average molecular weight is 365 g/mol. The molecule has 3 aliphatic rings. The molecule has 0 spiro atoms. The number of likely N-dealkylation sites (tertiary alicyclic amines) is 1. The van der Waals surface area contributed by atoms with Crippen LogP contribution in [0.1, 0.15) is 67.7 Å². The summed E-state index contributed by atoms with van der Waals surface area (Å²) in [5.74, 6) is 1.85. The smallest absolute Gasteiger partial charge is 0.274 e. The van der Waals surface area contributed by atoms with Crippen LogP contribution < -0.4 is 0 Å². The fraction of sp³-hybridized carbons (Fsp3) is 0.778. The molecule has 1 aromatic rings. The number of piperidine rings is 1. The Labute approximate surface area is 149 Å². The van der Waals surface area contributed by atoms with Gasteiger partial charge in [0.25, 0.3) is 5.91 Å². The average Bonchev–Trinajstić information content (AvgIpc) is 3.18. The summed E-state index contributed by atoms with van der Waals surface area (Å²) in [7, 11) is -2.97. The molecule has 2 saturated heterocycles. The van der Waals surface area contributed by atoms with Gasteiger partial charge in [0.2, 0.25) is 0 Å². The van der Waals surface area contributed by atoms with E-state index in [2.05, 4.69) is 18.9 Å². The summed E-state index contributed by atoms with van der Waals surface area (Å²) >= 11 is 0. The van der Waals surface area contributed by atoms with E-state index in [0.29, 0.717) is 29.9 Å². The second-order valence-electron chi connectivity index (χ2n) is 8.39. The van der Waals surface area contributed by atoms with Gasteiger partial charge in [-0.1, -0.05) is 13.8 Å². The van der Waals surface area contributed by atoms with Crippen LogP contribution in [0.25, 0.3) is 0 Å². The van der Waals surface area contributed by atoms with Gasteiger partial charge in [0.05, 0.1) is 17.5 Å². The highest BCUT2D eigenvalue weighted by molar-refractivity contribution is 7.91. The van der Waals surface area contributed by atoms with Crippen molar-refractivity contribution in [2.45, 2.75) is 51.5 Å². The minimum Gasteiger partial charge on any atom is -0.337 e. The number of sulfone groups is 1. The van der Waals surface area contributed by atoms with Crippen LogP contribution in [0.5, 0.6) is 0 Å². The van der Waals surface area contributed by atoms with Crippen LogP contribution in [-0.4, -0.2) is 53.6 Å². The molecule has 0 radical (unpaired) electrons. The second kappa shape index (κ2) is 6.11. The number of amides is 1. The van der Waals surface area contributed by atoms with Crippen LogP contribution in [0.4, 0.5) is 0 Å². The lowest BCUT2D eigenvalue weighted by molar-refractivity contribution is 0.0616. The van der Waals surface area contributed by atoms with Gasteiger partial charge in [-0.25, -0.2) is 8.42 Å². The predicted octanol–water partition coefficient (Wildman–Crippen LogP) is 2.24.